The third-order valence-electron chi connectivity index (χ3n) is 2.80. The molecule has 0 fully saturated rings. The second-order valence-corrected chi connectivity index (χ2v) is 4.61. The van der Waals surface area contributed by atoms with Crippen LogP contribution < -0.4 is 5.32 Å². The second kappa shape index (κ2) is 5.80. The fourth-order valence-corrected chi connectivity index (χ4v) is 1.87. The van der Waals surface area contributed by atoms with Crippen LogP contribution in [0.2, 0.25) is 5.28 Å². The highest BCUT2D eigenvalue weighted by Crippen LogP contribution is 2.13. The second-order valence-electron chi connectivity index (χ2n) is 4.28. The summed E-state index contributed by atoms with van der Waals surface area (Å²) in [6.45, 7) is 3.70. The van der Waals surface area contributed by atoms with Gasteiger partial charge in [0, 0.05) is 6.20 Å². The lowest BCUT2D eigenvalue weighted by Gasteiger charge is -2.14. The first-order valence-electron chi connectivity index (χ1n) is 5.93. The van der Waals surface area contributed by atoms with Crippen LogP contribution in [-0.2, 0) is 0 Å². The topological polar surface area (TPSA) is 54.9 Å². The molecule has 0 saturated heterocycles. The van der Waals surface area contributed by atoms with Crippen molar-refractivity contribution in [3.8, 4) is 0 Å². The first-order chi connectivity index (χ1) is 9.08. The quantitative estimate of drug-likeness (QED) is 0.876. The van der Waals surface area contributed by atoms with Gasteiger partial charge in [-0.1, -0.05) is 30.3 Å². The molecule has 19 heavy (non-hydrogen) atoms. The lowest BCUT2D eigenvalue weighted by molar-refractivity contribution is 0.0934. The summed E-state index contributed by atoms with van der Waals surface area (Å²) in [5, 5.41) is 2.96. The molecule has 1 N–H and O–H groups in total. The van der Waals surface area contributed by atoms with E-state index >= 15 is 0 Å². The number of carbonyl (C=O) groups excluding carboxylic acids is 1. The van der Waals surface area contributed by atoms with Crippen LogP contribution in [0, 0.1) is 6.92 Å². The summed E-state index contributed by atoms with van der Waals surface area (Å²) >= 11 is 5.71. The Morgan fingerprint density at radius 2 is 2.00 bits per heavy atom. The zero-order chi connectivity index (χ0) is 13.8. The smallest absolute Gasteiger partial charge is 0.270 e. The zero-order valence-corrected chi connectivity index (χ0v) is 11.5. The van der Waals surface area contributed by atoms with Gasteiger partial charge in [0.15, 0.2) is 0 Å². The number of nitrogens with zero attached hydrogens (tertiary/aromatic N) is 2. The average molecular weight is 276 g/mol. The summed E-state index contributed by atoms with van der Waals surface area (Å²) in [4.78, 5) is 19.9. The molecule has 98 valence electrons. The molecule has 0 bridgehead atoms. The molecule has 1 aromatic heterocycles. The third-order valence-corrected chi connectivity index (χ3v) is 2.99. The Kier molecular flexibility index (Phi) is 4.12. The number of nitrogens with one attached hydrogen (secondary N) is 1. The SMILES string of the molecule is Cc1cnc(Cl)nc1C(=O)NC(C)c1ccccc1. The fourth-order valence-electron chi connectivity index (χ4n) is 1.74. The number of halogens is 1. The maximum atomic E-state index is 12.1. The van der Waals surface area contributed by atoms with Crippen molar-refractivity contribution in [2.75, 3.05) is 0 Å². The molecule has 0 aliphatic carbocycles. The van der Waals surface area contributed by atoms with E-state index in [0.29, 0.717) is 11.3 Å². The van der Waals surface area contributed by atoms with Crippen LogP contribution in [0.4, 0.5) is 0 Å². The Labute approximate surface area is 116 Å². The van der Waals surface area contributed by atoms with E-state index in [9.17, 15) is 4.79 Å². The summed E-state index contributed by atoms with van der Waals surface area (Å²) in [5.74, 6) is -0.252. The van der Waals surface area contributed by atoms with Crippen LogP contribution in [0.15, 0.2) is 36.5 Å². The summed E-state index contributed by atoms with van der Waals surface area (Å²) in [7, 11) is 0. The van der Waals surface area contributed by atoms with Gasteiger partial charge in [-0.15, -0.1) is 0 Å². The molecule has 1 unspecified atom stereocenters. The van der Waals surface area contributed by atoms with Crippen LogP contribution in [0.3, 0.4) is 0 Å². The Hall–Kier alpha value is -1.94. The summed E-state index contributed by atoms with van der Waals surface area (Å²) < 4.78 is 0. The van der Waals surface area contributed by atoms with Crippen molar-refractivity contribution in [2.24, 2.45) is 0 Å². The highest BCUT2D eigenvalue weighted by molar-refractivity contribution is 6.28. The van der Waals surface area contributed by atoms with Crippen molar-refractivity contribution in [3.63, 3.8) is 0 Å². The van der Waals surface area contributed by atoms with Crippen LogP contribution in [0.1, 0.15) is 34.6 Å². The fraction of sp³-hybridized carbons (Fsp3) is 0.214. The molecule has 2 rings (SSSR count). The highest BCUT2D eigenvalue weighted by atomic mass is 35.5. The molecule has 1 amide bonds. The number of aryl methyl sites for hydroxylation is 1. The predicted molar refractivity (Wildman–Crippen MR) is 74.1 cm³/mol. The van der Waals surface area contributed by atoms with Crippen molar-refractivity contribution < 1.29 is 4.79 Å². The normalized spacial score (nSPS) is 11.9. The lowest BCUT2D eigenvalue weighted by atomic mass is 10.1. The van der Waals surface area contributed by atoms with E-state index in [1.165, 1.54) is 6.20 Å². The number of hydrogen-bond donors (Lipinski definition) is 1. The number of benzene rings is 1. The zero-order valence-electron chi connectivity index (χ0n) is 10.7. The first kappa shape index (κ1) is 13.5. The van der Waals surface area contributed by atoms with Gasteiger partial charge in [-0.05, 0) is 36.6 Å². The van der Waals surface area contributed by atoms with Crippen molar-refractivity contribution in [1.29, 1.82) is 0 Å². The molecule has 0 aliphatic rings. The van der Waals surface area contributed by atoms with Crippen molar-refractivity contribution in [3.05, 3.63) is 58.6 Å². The molecule has 1 heterocycles. The number of carbonyl (C=O) groups is 1. The number of aromatic nitrogens is 2. The molecule has 2 aromatic rings. The van der Waals surface area contributed by atoms with E-state index in [-0.39, 0.29) is 17.2 Å². The van der Waals surface area contributed by atoms with Gasteiger partial charge in [0.1, 0.15) is 5.69 Å². The average Bonchev–Trinajstić information content (AvgIpc) is 2.42. The van der Waals surface area contributed by atoms with Crippen molar-refractivity contribution in [1.82, 2.24) is 15.3 Å². The van der Waals surface area contributed by atoms with Crippen molar-refractivity contribution in [2.45, 2.75) is 19.9 Å². The molecule has 0 saturated carbocycles. The number of amides is 1. The van der Waals surface area contributed by atoms with Gasteiger partial charge in [0.05, 0.1) is 6.04 Å². The highest BCUT2D eigenvalue weighted by Gasteiger charge is 2.15. The number of rotatable bonds is 3. The van der Waals surface area contributed by atoms with Crippen LogP contribution in [-0.4, -0.2) is 15.9 Å². The van der Waals surface area contributed by atoms with Crippen LogP contribution in [0.25, 0.3) is 0 Å². The minimum atomic E-state index is -0.252. The van der Waals surface area contributed by atoms with Gasteiger partial charge < -0.3 is 5.32 Å². The largest absolute Gasteiger partial charge is 0.344 e. The van der Waals surface area contributed by atoms with Gasteiger partial charge in [-0.25, -0.2) is 9.97 Å². The minimum Gasteiger partial charge on any atom is -0.344 e. The molecular formula is C14H14ClN3O. The standard InChI is InChI=1S/C14H14ClN3O/c1-9-8-16-14(15)18-12(9)13(19)17-10(2)11-6-4-3-5-7-11/h3-8,10H,1-2H3,(H,17,19). The molecule has 4 nitrogen and oxygen atoms in total. The summed E-state index contributed by atoms with van der Waals surface area (Å²) in [6, 6.07) is 9.64. The molecule has 1 aromatic carbocycles. The van der Waals surface area contributed by atoms with E-state index in [4.69, 9.17) is 11.6 Å². The van der Waals surface area contributed by atoms with Gasteiger partial charge in [-0.3, -0.25) is 4.79 Å². The molecule has 5 heteroatoms. The minimum absolute atomic E-state index is 0.0723. The molecule has 0 spiro atoms. The van der Waals surface area contributed by atoms with E-state index in [0.717, 1.165) is 5.56 Å². The summed E-state index contributed by atoms with van der Waals surface area (Å²) in [6.07, 6.45) is 1.54. The van der Waals surface area contributed by atoms with E-state index in [2.05, 4.69) is 15.3 Å². The van der Waals surface area contributed by atoms with Crippen molar-refractivity contribution >= 4 is 17.5 Å². The Balaban J connectivity index is 2.15. The van der Waals surface area contributed by atoms with Gasteiger partial charge in [0.2, 0.25) is 5.28 Å². The predicted octanol–water partition coefficient (Wildman–Crippen LogP) is 2.93. The molecule has 1 atom stereocenters. The molecular weight excluding hydrogens is 262 g/mol. The molecule has 0 aliphatic heterocycles. The number of hydrogen-bond acceptors (Lipinski definition) is 3. The van der Waals surface area contributed by atoms with E-state index in [1.807, 2.05) is 37.3 Å². The van der Waals surface area contributed by atoms with E-state index < -0.39 is 0 Å². The van der Waals surface area contributed by atoms with Crippen LogP contribution >= 0.6 is 11.6 Å². The third kappa shape index (κ3) is 3.29. The first-order valence-corrected chi connectivity index (χ1v) is 6.30. The maximum Gasteiger partial charge on any atom is 0.270 e. The maximum absolute atomic E-state index is 12.1. The monoisotopic (exact) mass is 275 g/mol. The van der Waals surface area contributed by atoms with Gasteiger partial charge in [-0.2, -0.15) is 0 Å². The summed E-state index contributed by atoms with van der Waals surface area (Å²) in [5.41, 5.74) is 2.04. The lowest BCUT2D eigenvalue weighted by Crippen LogP contribution is -2.28. The Bertz CT molecular complexity index is 586. The van der Waals surface area contributed by atoms with Gasteiger partial charge >= 0.3 is 0 Å². The van der Waals surface area contributed by atoms with E-state index in [1.54, 1.807) is 6.92 Å². The van der Waals surface area contributed by atoms with Gasteiger partial charge in [0.25, 0.3) is 5.91 Å². The Morgan fingerprint density at radius 1 is 1.32 bits per heavy atom. The molecule has 0 radical (unpaired) electrons. The van der Waals surface area contributed by atoms with Crippen LogP contribution in [0.5, 0.6) is 0 Å². The Morgan fingerprint density at radius 3 is 2.68 bits per heavy atom.